The highest BCUT2D eigenvalue weighted by Gasteiger charge is 2.14. The van der Waals surface area contributed by atoms with Crippen LogP contribution in [0.3, 0.4) is 0 Å². The van der Waals surface area contributed by atoms with Crippen LogP contribution < -0.4 is 10.1 Å². The first-order chi connectivity index (χ1) is 14.2. The molecule has 2 aromatic heterocycles. The standard InChI is InChI=1S/C22H25N5O2/c1-27(16-11-17-7-12-23-13-8-17)21(28)19-10-15-25-22(26-19)24-14-9-18-5-3-4-6-20(18)29-2/h3-8,10,12-13,15H,9,11,14,16H2,1-2H3,(H,24,25,26). The van der Waals surface area contributed by atoms with Gasteiger partial charge in [0.25, 0.3) is 5.91 Å². The second kappa shape index (κ2) is 10.2. The summed E-state index contributed by atoms with van der Waals surface area (Å²) in [4.78, 5) is 26.9. The Morgan fingerprint density at radius 2 is 1.86 bits per heavy atom. The summed E-state index contributed by atoms with van der Waals surface area (Å²) in [5.41, 5.74) is 2.61. The topological polar surface area (TPSA) is 80.2 Å². The van der Waals surface area contributed by atoms with Gasteiger partial charge in [0.2, 0.25) is 5.95 Å². The van der Waals surface area contributed by atoms with Gasteiger partial charge < -0.3 is 15.0 Å². The average Bonchev–Trinajstić information content (AvgIpc) is 2.78. The summed E-state index contributed by atoms with van der Waals surface area (Å²) in [7, 11) is 3.44. The number of carbonyl (C=O) groups excluding carboxylic acids is 1. The molecule has 0 atom stereocenters. The largest absolute Gasteiger partial charge is 0.496 e. The van der Waals surface area contributed by atoms with Gasteiger partial charge >= 0.3 is 0 Å². The van der Waals surface area contributed by atoms with Gasteiger partial charge in [-0.15, -0.1) is 0 Å². The Balaban J connectivity index is 1.54. The van der Waals surface area contributed by atoms with E-state index in [-0.39, 0.29) is 5.91 Å². The van der Waals surface area contributed by atoms with Gasteiger partial charge in [0.1, 0.15) is 11.4 Å². The summed E-state index contributed by atoms with van der Waals surface area (Å²) in [6, 6.07) is 13.4. The fourth-order valence-corrected chi connectivity index (χ4v) is 2.92. The van der Waals surface area contributed by atoms with Crippen LogP contribution in [0.25, 0.3) is 0 Å². The third-order valence-corrected chi connectivity index (χ3v) is 4.58. The van der Waals surface area contributed by atoms with Crippen LogP contribution in [-0.2, 0) is 12.8 Å². The number of hydrogen-bond acceptors (Lipinski definition) is 6. The second-order valence-corrected chi connectivity index (χ2v) is 6.59. The molecule has 3 aromatic rings. The molecule has 0 saturated carbocycles. The first kappa shape index (κ1) is 20.3. The van der Waals surface area contributed by atoms with Gasteiger partial charge in [-0.3, -0.25) is 9.78 Å². The van der Waals surface area contributed by atoms with Crippen molar-refractivity contribution in [2.45, 2.75) is 12.8 Å². The molecule has 1 N–H and O–H groups in total. The van der Waals surface area contributed by atoms with E-state index in [0.717, 1.165) is 29.7 Å². The van der Waals surface area contributed by atoms with Crippen LogP contribution in [0.15, 0.2) is 61.1 Å². The Morgan fingerprint density at radius 1 is 1.07 bits per heavy atom. The maximum atomic E-state index is 12.7. The fraction of sp³-hybridized carbons (Fsp3) is 0.273. The van der Waals surface area contributed by atoms with Gasteiger partial charge in [-0.05, 0) is 48.2 Å². The lowest BCUT2D eigenvalue weighted by Crippen LogP contribution is -2.29. The number of methoxy groups -OCH3 is 1. The number of benzene rings is 1. The summed E-state index contributed by atoms with van der Waals surface area (Å²) >= 11 is 0. The molecule has 3 rings (SSSR count). The zero-order valence-corrected chi connectivity index (χ0v) is 16.7. The summed E-state index contributed by atoms with van der Waals surface area (Å²) in [5.74, 6) is 1.16. The molecule has 0 aliphatic heterocycles. The third-order valence-electron chi connectivity index (χ3n) is 4.58. The number of anilines is 1. The van der Waals surface area contributed by atoms with Gasteiger partial charge in [0.05, 0.1) is 7.11 Å². The number of rotatable bonds is 9. The van der Waals surface area contributed by atoms with Gasteiger partial charge in [-0.2, -0.15) is 0 Å². The lowest BCUT2D eigenvalue weighted by molar-refractivity contribution is 0.0791. The summed E-state index contributed by atoms with van der Waals surface area (Å²) in [5, 5.41) is 3.18. The highest BCUT2D eigenvalue weighted by atomic mass is 16.5. The van der Waals surface area contributed by atoms with Crippen molar-refractivity contribution in [3.63, 3.8) is 0 Å². The fourth-order valence-electron chi connectivity index (χ4n) is 2.92. The minimum atomic E-state index is -0.130. The van der Waals surface area contributed by atoms with E-state index in [1.807, 2.05) is 36.4 Å². The normalized spacial score (nSPS) is 10.4. The highest BCUT2D eigenvalue weighted by Crippen LogP contribution is 2.17. The number of pyridine rings is 1. The smallest absolute Gasteiger partial charge is 0.272 e. The van der Waals surface area contributed by atoms with Gasteiger partial charge in [0.15, 0.2) is 0 Å². The van der Waals surface area contributed by atoms with Crippen LogP contribution in [0.5, 0.6) is 5.75 Å². The number of hydrogen-bond donors (Lipinski definition) is 1. The number of nitrogens with one attached hydrogen (secondary N) is 1. The molecule has 2 heterocycles. The van der Waals surface area contributed by atoms with Gasteiger partial charge in [-0.1, -0.05) is 18.2 Å². The maximum absolute atomic E-state index is 12.7. The second-order valence-electron chi connectivity index (χ2n) is 6.59. The van der Waals surface area contributed by atoms with Crippen molar-refractivity contribution < 1.29 is 9.53 Å². The molecule has 0 saturated heterocycles. The van der Waals surface area contributed by atoms with Crippen LogP contribution in [0.1, 0.15) is 21.6 Å². The number of likely N-dealkylation sites (N-methyl/N-ethyl adjacent to an activating group) is 1. The molecule has 7 nitrogen and oxygen atoms in total. The van der Waals surface area contributed by atoms with E-state index >= 15 is 0 Å². The van der Waals surface area contributed by atoms with Crippen molar-refractivity contribution >= 4 is 11.9 Å². The molecule has 1 amide bonds. The van der Waals surface area contributed by atoms with E-state index in [1.54, 1.807) is 43.7 Å². The zero-order valence-electron chi connectivity index (χ0n) is 16.7. The minimum absolute atomic E-state index is 0.130. The molecule has 0 fully saturated rings. The predicted octanol–water partition coefficient (Wildman–Crippen LogP) is 2.85. The van der Waals surface area contributed by atoms with Crippen LogP contribution in [0.4, 0.5) is 5.95 Å². The van der Waals surface area contributed by atoms with E-state index in [4.69, 9.17) is 4.74 Å². The molecule has 7 heteroatoms. The SMILES string of the molecule is COc1ccccc1CCNc1nccc(C(=O)N(C)CCc2ccncc2)n1. The molecule has 0 bridgehead atoms. The van der Waals surface area contributed by atoms with Crippen molar-refractivity contribution in [3.05, 3.63) is 77.9 Å². The summed E-state index contributed by atoms with van der Waals surface area (Å²) in [6.45, 7) is 1.24. The Bertz CT molecular complexity index is 933. The number of aromatic nitrogens is 3. The van der Waals surface area contributed by atoms with Crippen LogP contribution >= 0.6 is 0 Å². The van der Waals surface area contributed by atoms with Crippen molar-refractivity contribution in [3.8, 4) is 5.75 Å². The number of carbonyl (C=O) groups is 1. The third kappa shape index (κ3) is 5.75. The van der Waals surface area contributed by atoms with E-state index in [1.165, 1.54) is 0 Å². The van der Waals surface area contributed by atoms with E-state index in [0.29, 0.717) is 24.7 Å². The first-order valence-electron chi connectivity index (χ1n) is 9.50. The van der Waals surface area contributed by atoms with Crippen molar-refractivity contribution in [1.82, 2.24) is 19.9 Å². The minimum Gasteiger partial charge on any atom is -0.496 e. The highest BCUT2D eigenvalue weighted by molar-refractivity contribution is 5.92. The quantitative estimate of drug-likeness (QED) is 0.604. The number of nitrogens with zero attached hydrogens (tertiary/aromatic N) is 4. The lowest BCUT2D eigenvalue weighted by atomic mass is 10.1. The van der Waals surface area contributed by atoms with E-state index < -0.39 is 0 Å². The molecule has 0 radical (unpaired) electrons. The number of para-hydroxylation sites is 1. The Labute approximate surface area is 170 Å². The molecule has 29 heavy (non-hydrogen) atoms. The Morgan fingerprint density at radius 3 is 2.66 bits per heavy atom. The molecular formula is C22H25N5O2. The summed E-state index contributed by atoms with van der Waals surface area (Å²) < 4.78 is 5.37. The molecule has 150 valence electrons. The van der Waals surface area contributed by atoms with Crippen molar-refractivity contribution in [2.75, 3.05) is 32.6 Å². The Hall–Kier alpha value is -3.48. The molecule has 0 aliphatic rings. The molecule has 1 aromatic carbocycles. The molecular weight excluding hydrogens is 366 g/mol. The predicted molar refractivity (Wildman–Crippen MR) is 112 cm³/mol. The Kier molecular flexibility index (Phi) is 7.10. The van der Waals surface area contributed by atoms with Crippen molar-refractivity contribution in [1.29, 1.82) is 0 Å². The molecule has 0 aliphatic carbocycles. The lowest BCUT2D eigenvalue weighted by Gasteiger charge is -2.17. The van der Waals surface area contributed by atoms with Crippen LogP contribution in [-0.4, -0.2) is 53.0 Å². The van der Waals surface area contributed by atoms with Crippen molar-refractivity contribution in [2.24, 2.45) is 0 Å². The monoisotopic (exact) mass is 391 g/mol. The maximum Gasteiger partial charge on any atom is 0.272 e. The number of ether oxygens (including phenoxy) is 1. The van der Waals surface area contributed by atoms with Gasteiger partial charge in [0, 0.05) is 38.7 Å². The summed E-state index contributed by atoms with van der Waals surface area (Å²) in [6.07, 6.45) is 6.63. The first-order valence-corrected chi connectivity index (χ1v) is 9.50. The number of amides is 1. The van der Waals surface area contributed by atoms with E-state index in [2.05, 4.69) is 20.3 Å². The van der Waals surface area contributed by atoms with E-state index in [9.17, 15) is 4.79 Å². The van der Waals surface area contributed by atoms with Crippen LogP contribution in [0, 0.1) is 0 Å². The average molecular weight is 391 g/mol. The van der Waals surface area contributed by atoms with Gasteiger partial charge in [-0.25, -0.2) is 9.97 Å². The zero-order chi connectivity index (χ0) is 20.5. The molecule has 0 unspecified atom stereocenters. The van der Waals surface area contributed by atoms with Crippen LogP contribution in [0.2, 0.25) is 0 Å². The molecule has 0 spiro atoms.